The summed E-state index contributed by atoms with van der Waals surface area (Å²) in [6.07, 6.45) is 3.94. The summed E-state index contributed by atoms with van der Waals surface area (Å²) in [5.74, 6) is 0. The van der Waals surface area contributed by atoms with Crippen LogP contribution in [0.4, 0.5) is 0 Å². The molecule has 4 heteroatoms. The van der Waals surface area contributed by atoms with Crippen molar-refractivity contribution in [2.24, 2.45) is 7.05 Å². The zero-order valence-corrected chi connectivity index (χ0v) is 7.77. The number of nitrogens with one attached hydrogen (secondary N) is 1. The van der Waals surface area contributed by atoms with Gasteiger partial charge in [-0.05, 0) is 18.9 Å². The van der Waals surface area contributed by atoms with Gasteiger partial charge in [0.1, 0.15) is 0 Å². The molecular weight excluding hydrogens is 166 g/mol. The number of hydrogen-bond donors (Lipinski definition) is 2. The van der Waals surface area contributed by atoms with Gasteiger partial charge in [0.15, 0.2) is 0 Å². The van der Waals surface area contributed by atoms with Crippen LogP contribution in [-0.2, 0) is 7.05 Å². The van der Waals surface area contributed by atoms with Gasteiger partial charge < -0.3 is 10.4 Å². The Bertz CT molecular complexity index is 284. The molecule has 13 heavy (non-hydrogen) atoms. The van der Waals surface area contributed by atoms with Crippen molar-refractivity contribution in [2.45, 2.75) is 24.9 Å². The molecule has 1 aromatic rings. The lowest BCUT2D eigenvalue weighted by Gasteiger charge is -2.12. The minimum atomic E-state index is 0.231. The number of aliphatic hydroxyl groups is 1. The minimum Gasteiger partial charge on any atom is -0.395 e. The van der Waals surface area contributed by atoms with E-state index in [0.717, 1.165) is 12.8 Å². The topological polar surface area (TPSA) is 50.1 Å². The van der Waals surface area contributed by atoms with Crippen LogP contribution >= 0.6 is 0 Å². The first-order valence-electron chi connectivity index (χ1n) is 4.66. The predicted molar refractivity (Wildman–Crippen MR) is 49.2 cm³/mol. The van der Waals surface area contributed by atoms with Gasteiger partial charge in [0.2, 0.25) is 0 Å². The largest absolute Gasteiger partial charge is 0.395 e. The van der Waals surface area contributed by atoms with E-state index in [1.807, 2.05) is 24.0 Å². The maximum atomic E-state index is 8.97. The molecule has 2 atom stereocenters. The number of aromatic nitrogens is 2. The van der Waals surface area contributed by atoms with Crippen LogP contribution in [0.2, 0.25) is 0 Å². The van der Waals surface area contributed by atoms with Crippen LogP contribution in [0.3, 0.4) is 0 Å². The van der Waals surface area contributed by atoms with Crippen molar-refractivity contribution in [2.75, 3.05) is 6.61 Å². The second kappa shape index (κ2) is 3.47. The standard InChI is InChI=1S/C9H15N3O/c1-12-9(4-5-10-12)8-3-2-7(6-13)11-8/h4-5,7-8,11,13H,2-3,6H2,1H3/t7-,8+/m0/s1. The van der Waals surface area contributed by atoms with Crippen molar-refractivity contribution >= 4 is 0 Å². The van der Waals surface area contributed by atoms with E-state index in [-0.39, 0.29) is 12.6 Å². The van der Waals surface area contributed by atoms with Gasteiger partial charge in [-0.25, -0.2) is 0 Å². The van der Waals surface area contributed by atoms with E-state index < -0.39 is 0 Å². The smallest absolute Gasteiger partial charge is 0.0584 e. The van der Waals surface area contributed by atoms with E-state index >= 15 is 0 Å². The van der Waals surface area contributed by atoms with Gasteiger partial charge in [0.25, 0.3) is 0 Å². The number of aryl methyl sites for hydroxylation is 1. The summed E-state index contributed by atoms with van der Waals surface area (Å²) in [4.78, 5) is 0. The molecule has 1 aliphatic heterocycles. The van der Waals surface area contributed by atoms with Crippen molar-refractivity contribution in [3.8, 4) is 0 Å². The molecule has 1 fully saturated rings. The van der Waals surface area contributed by atoms with Crippen LogP contribution in [0.15, 0.2) is 12.3 Å². The van der Waals surface area contributed by atoms with Crippen LogP contribution in [0.5, 0.6) is 0 Å². The molecule has 0 unspecified atom stereocenters. The third kappa shape index (κ3) is 1.59. The third-order valence-corrected chi connectivity index (χ3v) is 2.68. The van der Waals surface area contributed by atoms with Crippen LogP contribution < -0.4 is 5.32 Å². The fourth-order valence-corrected chi connectivity index (χ4v) is 1.92. The zero-order valence-electron chi connectivity index (χ0n) is 7.77. The summed E-state index contributed by atoms with van der Waals surface area (Å²) in [7, 11) is 1.95. The van der Waals surface area contributed by atoms with Crippen molar-refractivity contribution in [1.82, 2.24) is 15.1 Å². The molecule has 1 saturated heterocycles. The lowest BCUT2D eigenvalue weighted by molar-refractivity contribution is 0.251. The first-order valence-corrected chi connectivity index (χ1v) is 4.66. The Balaban J connectivity index is 2.08. The Morgan fingerprint density at radius 3 is 3.08 bits per heavy atom. The molecule has 0 amide bonds. The Morgan fingerprint density at radius 1 is 1.69 bits per heavy atom. The number of aliphatic hydroxyl groups excluding tert-OH is 1. The molecule has 1 aliphatic rings. The molecule has 1 aromatic heterocycles. The summed E-state index contributed by atoms with van der Waals surface area (Å²) in [5.41, 5.74) is 1.20. The van der Waals surface area contributed by atoms with Crippen LogP contribution in [-0.4, -0.2) is 27.5 Å². The molecular formula is C9H15N3O. The third-order valence-electron chi connectivity index (χ3n) is 2.68. The van der Waals surface area contributed by atoms with Crippen LogP contribution in [0, 0.1) is 0 Å². The number of hydrogen-bond acceptors (Lipinski definition) is 3. The monoisotopic (exact) mass is 181 g/mol. The number of rotatable bonds is 2. The quantitative estimate of drug-likeness (QED) is 0.685. The highest BCUT2D eigenvalue weighted by atomic mass is 16.3. The SMILES string of the molecule is Cn1nccc1[C@H]1CC[C@@H](CO)N1. The van der Waals surface area contributed by atoms with Gasteiger partial charge in [0.05, 0.1) is 12.3 Å². The van der Waals surface area contributed by atoms with Crippen molar-refractivity contribution in [3.05, 3.63) is 18.0 Å². The molecule has 0 aliphatic carbocycles. The van der Waals surface area contributed by atoms with E-state index in [9.17, 15) is 0 Å². The number of nitrogens with zero attached hydrogens (tertiary/aromatic N) is 2. The molecule has 0 spiro atoms. The van der Waals surface area contributed by atoms with Gasteiger partial charge in [-0.3, -0.25) is 4.68 Å². The molecule has 0 bridgehead atoms. The van der Waals surface area contributed by atoms with Gasteiger partial charge in [0, 0.05) is 25.3 Å². The molecule has 2 N–H and O–H groups in total. The second-order valence-electron chi connectivity index (χ2n) is 3.56. The minimum absolute atomic E-state index is 0.231. The van der Waals surface area contributed by atoms with E-state index in [4.69, 9.17) is 5.11 Å². The normalized spacial score (nSPS) is 28.2. The second-order valence-corrected chi connectivity index (χ2v) is 3.56. The highest BCUT2D eigenvalue weighted by molar-refractivity contribution is 5.09. The lowest BCUT2D eigenvalue weighted by Crippen LogP contribution is -2.28. The van der Waals surface area contributed by atoms with Gasteiger partial charge in [-0.2, -0.15) is 5.10 Å². The molecule has 0 saturated carbocycles. The van der Waals surface area contributed by atoms with Gasteiger partial charge >= 0.3 is 0 Å². The van der Waals surface area contributed by atoms with Crippen molar-refractivity contribution in [1.29, 1.82) is 0 Å². The average molecular weight is 181 g/mol. The summed E-state index contributed by atoms with van der Waals surface area (Å²) in [6.45, 7) is 0.231. The summed E-state index contributed by atoms with van der Waals surface area (Å²) in [6, 6.07) is 2.65. The molecule has 4 nitrogen and oxygen atoms in total. The molecule has 0 aromatic carbocycles. The van der Waals surface area contributed by atoms with Crippen LogP contribution in [0.25, 0.3) is 0 Å². The molecule has 0 radical (unpaired) electrons. The highest BCUT2D eigenvalue weighted by Crippen LogP contribution is 2.25. The summed E-state index contributed by atoms with van der Waals surface area (Å²) in [5, 5.41) is 16.5. The van der Waals surface area contributed by atoms with Gasteiger partial charge in [-0.15, -0.1) is 0 Å². The fraction of sp³-hybridized carbons (Fsp3) is 0.667. The lowest BCUT2D eigenvalue weighted by atomic mass is 10.1. The Morgan fingerprint density at radius 2 is 2.54 bits per heavy atom. The average Bonchev–Trinajstić information content (AvgIpc) is 2.71. The van der Waals surface area contributed by atoms with Crippen LogP contribution in [0.1, 0.15) is 24.6 Å². The Kier molecular flexibility index (Phi) is 2.33. The fourth-order valence-electron chi connectivity index (χ4n) is 1.92. The predicted octanol–water partition coefficient (Wildman–Crippen LogP) is 0.206. The zero-order chi connectivity index (χ0) is 9.26. The van der Waals surface area contributed by atoms with E-state index in [1.54, 1.807) is 0 Å². The Hall–Kier alpha value is -0.870. The summed E-state index contributed by atoms with van der Waals surface area (Å²) < 4.78 is 1.89. The first-order chi connectivity index (χ1) is 6.31. The van der Waals surface area contributed by atoms with Crippen molar-refractivity contribution in [3.63, 3.8) is 0 Å². The maximum Gasteiger partial charge on any atom is 0.0584 e. The molecule has 2 rings (SSSR count). The molecule has 2 heterocycles. The summed E-state index contributed by atoms with van der Waals surface area (Å²) >= 11 is 0. The Labute approximate surface area is 77.6 Å². The molecule has 72 valence electrons. The van der Waals surface area contributed by atoms with E-state index in [0.29, 0.717) is 6.04 Å². The van der Waals surface area contributed by atoms with E-state index in [1.165, 1.54) is 5.69 Å². The van der Waals surface area contributed by atoms with Gasteiger partial charge in [-0.1, -0.05) is 0 Å². The van der Waals surface area contributed by atoms with Crippen molar-refractivity contribution < 1.29 is 5.11 Å². The first kappa shape index (κ1) is 8.72. The highest BCUT2D eigenvalue weighted by Gasteiger charge is 2.25. The van der Waals surface area contributed by atoms with E-state index in [2.05, 4.69) is 10.4 Å². The maximum absolute atomic E-state index is 8.97.